The minimum absolute atomic E-state index is 0.0256. The number of ketones is 1. The molecule has 1 unspecified atom stereocenters. The SMILES string of the molecule is CC(C)(N)Cc1ccccc1.CCN(CC)C(C)C(=O)c1ccccc1. The van der Waals surface area contributed by atoms with Gasteiger partial charge in [-0.1, -0.05) is 74.5 Å². The lowest BCUT2D eigenvalue weighted by Crippen LogP contribution is -2.38. The van der Waals surface area contributed by atoms with Crippen LogP contribution in [0.5, 0.6) is 0 Å². The third-order valence-corrected chi connectivity index (χ3v) is 4.30. The number of Topliss-reactive ketones (excluding diaryl/α,β-unsaturated/α-hetero) is 1. The molecule has 0 aliphatic heterocycles. The molecule has 2 N–H and O–H groups in total. The Morgan fingerprint density at radius 3 is 1.85 bits per heavy atom. The number of nitrogens with zero attached hydrogens (tertiary/aromatic N) is 1. The zero-order valence-corrected chi connectivity index (χ0v) is 16.9. The first-order valence-electron chi connectivity index (χ1n) is 9.44. The zero-order chi connectivity index (χ0) is 19.6. The Hall–Kier alpha value is -1.97. The smallest absolute Gasteiger partial charge is 0.179 e. The van der Waals surface area contributed by atoms with Crippen molar-refractivity contribution in [3.8, 4) is 0 Å². The van der Waals surface area contributed by atoms with Gasteiger partial charge in [0.15, 0.2) is 5.78 Å². The molecule has 2 rings (SSSR count). The van der Waals surface area contributed by atoms with E-state index in [2.05, 4.69) is 30.9 Å². The maximum Gasteiger partial charge on any atom is 0.179 e. The lowest BCUT2D eigenvalue weighted by Gasteiger charge is -2.25. The predicted octanol–water partition coefficient (Wildman–Crippen LogP) is 4.57. The van der Waals surface area contributed by atoms with Gasteiger partial charge in [0.25, 0.3) is 0 Å². The molecular formula is C23H34N2O. The fourth-order valence-corrected chi connectivity index (χ4v) is 2.90. The molecule has 0 heterocycles. The van der Waals surface area contributed by atoms with E-state index >= 15 is 0 Å². The molecule has 0 amide bonds. The molecule has 0 saturated heterocycles. The minimum Gasteiger partial charge on any atom is -0.325 e. The van der Waals surface area contributed by atoms with E-state index in [1.54, 1.807) is 0 Å². The average molecular weight is 355 g/mol. The Labute approximate surface area is 159 Å². The van der Waals surface area contributed by atoms with E-state index in [1.807, 2.05) is 69.3 Å². The molecule has 0 bridgehead atoms. The van der Waals surface area contributed by atoms with E-state index < -0.39 is 0 Å². The summed E-state index contributed by atoms with van der Waals surface area (Å²) in [5.41, 5.74) is 7.88. The molecule has 0 aliphatic rings. The van der Waals surface area contributed by atoms with E-state index in [4.69, 9.17) is 5.73 Å². The quantitative estimate of drug-likeness (QED) is 0.741. The summed E-state index contributed by atoms with van der Waals surface area (Å²) >= 11 is 0. The lowest BCUT2D eigenvalue weighted by atomic mass is 9.96. The predicted molar refractivity (Wildman–Crippen MR) is 112 cm³/mol. The Morgan fingerprint density at radius 2 is 1.42 bits per heavy atom. The molecule has 3 nitrogen and oxygen atoms in total. The fourth-order valence-electron chi connectivity index (χ4n) is 2.90. The standard InChI is InChI=1S/C13H19NO.C10H15N/c1-4-14(5-2)11(3)13(15)12-9-7-6-8-10-12;1-10(2,11)8-9-6-4-3-5-7-9/h6-11H,4-5H2,1-3H3;3-7H,8,11H2,1-2H3. The Kier molecular flexibility index (Phi) is 9.25. The summed E-state index contributed by atoms with van der Waals surface area (Å²) in [6.45, 7) is 12.0. The van der Waals surface area contributed by atoms with Crippen LogP contribution in [0.25, 0.3) is 0 Å². The van der Waals surface area contributed by atoms with E-state index in [1.165, 1.54) is 5.56 Å². The summed E-state index contributed by atoms with van der Waals surface area (Å²) in [5, 5.41) is 0. The maximum absolute atomic E-state index is 12.1. The molecule has 2 aromatic rings. The summed E-state index contributed by atoms with van der Waals surface area (Å²) in [6, 6.07) is 19.8. The first-order chi connectivity index (χ1) is 12.3. The number of carbonyl (C=O) groups is 1. The van der Waals surface area contributed by atoms with Crippen LogP contribution in [0.1, 0.15) is 50.5 Å². The van der Waals surface area contributed by atoms with E-state index in [0.29, 0.717) is 0 Å². The Balaban J connectivity index is 0.000000273. The summed E-state index contributed by atoms with van der Waals surface area (Å²) in [6.07, 6.45) is 0.938. The number of hydrogen-bond acceptors (Lipinski definition) is 3. The molecule has 142 valence electrons. The number of hydrogen-bond donors (Lipinski definition) is 1. The summed E-state index contributed by atoms with van der Waals surface area (Å²) in [4.78, 5) is 14.2. The van der Waals surface area contributed by atoms with Gasteiger partial charge in [0.2, 0.25) is 0 Å². The monoisotopic (exact) mass is 354 g/mol. The van der Waals surface area contributed by atoms with Crippen LogP contribution in [0.15, 0.2) is 60.7 Å². The van der Waals surface area contributed by atoms with Crippen molar-refractivity contribution in [3.63, 3.8) is 0 Å². The van der Waals surface area contributed by atoms with Crippen LogP contribution < -0.4 is 5.73 Å². The molecule has 3 heteroatoms. The first-order valence-corrected chi connectivity index (χ1v) is 9.44. The second kappa shape index (κ2) is 10.9. The van der Waals surface area contributed by atoms with Crippen molar-refractivity contribution in [1.29, 1.82) is 0 Å². The van der Waals surface area contributed by atoms with Gasteiger partial charge in [-0.05, 0) is 45.8 Å². The van der Waals surface area contributed by atoms with Crippen molar-refractivity contribution < 1.29 is 4.79 Å². The van der Waals surface area contributed by atoms with Crippen LogP contribution in [-0.2, 0) is 6.42 Å². The van der Waals surface area contributed by atoms with Crippen molar-refractivity contribution in [2.24, 2.45) is 5.73 Å². The topological polar surface area (TPSA) is 46.3 Å². The molecule has 26 heavy (non-hydrogen) atoms. The van der Waals surface area contributed by atoms with Crippen molar-refractivity contribution in [2.45, 2.75) is 52.6 Å². The highest BCUT2D eigenvalue weighted by Gasteiger charge is 2.19. The maximum atomic E-state index is 12.1. The zero-order valence-electron chi connectivity index (χ0n) is 16.9. The van der Waals surface area contributed by atoms with Crippen molar-refractivity contribution >= 4 is 5.78 Å². The van der Waals surface area contributed by atoms with Gasteiger partial charge in [0.1, 0.15) is 0 Å². The molecular weight excluding hydrogens is 320 g/mol. The van der Waals surface area contributed by atoms with Gasteiger partial charge >= 0.3 is 0 Å². The molecule has 1 atom stereocenters. The summed E-state index contributed by atoms with van der Waals surface area (Å²) in [5.74, 6) is 0.208. The van der Waals surface area contributed by atoms with Crippen LogP contribution in [0.2, 0.25) is 0 Å². The van der Waals surface area contributed by atoms with Crippen LogP contribution >= 0.6 is 0 Å². The Morgan fingerprint density at radius 1 is 0.962 bits per heavy atom. The van der Waals surface area contributed by atoms with Gasteiger partial charge < -0.3 is 5.73 Å². The van der Waals surface area contributed by atoms with Crippen molar-refractivity contribution in [1.82, 2.24) is 4.90 Å². The van der Waals surface area contributed by atoms with Crippen molar-refractivity contribution in [2.75, 3.05) is 13.1 Å². The number of carbonyl (C=O) groups excluding carboxylic acids is 1. The van der Waals surface area contributed by atoms with E-state index in [0.717, 1.165) is 25.1 Å². The third-order valence-electron chi connectivity index (χ3n) is 4.30. The van der Waals surface area contributed by atoms with Crippen molar-refractivity contribution in [3.05, 3.63) is 71.8 Å². The van der Waals surface area contributed by atoms with Crippen LogP contribution in [0.4, 0.5) is 0 Å². The molecule has 0 fully saturated rings. The molecule has 0 saturated carbocycles. The van der Waals surface area contributed by atoms with Gasteiger partial charge in [0.05, 0.1) is 6.04 Å². The Bertz CT molecular complexity index is 628. The highest BCUT2D eigenvalue weighted by atomic mass is 16.1. The number of rotatable bonds is 7. The molecule has 0 radical (unpaired) electrons. The third kappa shape index (κ3) is 7.94. The minimum atomic E-state index is -0.0959. The summed E-state index contributed by atoms with van der Waals surface area (Å²) < 4.78 is 0. The van der Waals surface area contributed by atoms with Gasteiger partial charge in [-0.15, -0.1) is 0 Å². The average Bonchev–Trinajstić information content (AvgIpc) is 2.63. The second-order valence-corrected chi connectivity index (χ2v) is 7.28. The van der Waals surface area contributed by atoms with E-state index in [-0.39, 0.29) is 17.4 Å². The van der Waals surface area contributed by atoms with Gasteiger partial charge in [-0.25, -0.2) is 0 Å². The fraction of sp³-hybridized carbons (Fsp3) is 0.435. The largest absolute Gasteiger partial charge is 0.325 e. The normalized spacial score (nSPS) is 12.3. The molecule has 0 spiro atoms. The summed E-state index contributed by atoms with van der Waals surface area (Å²) in [7, 11) is 0. The molecule has 2 aromatic carbocycles. The lowest BCUT2D eigenvalue weighted by molar-refractivity contribution is 0.0851. The second-order valence-electron chi connectivity index (χ2n) is 7.28. The van der Waals surface area contributed by atoms with Crippen LogP contribution in [0.3, 0.4) is 0 Å². The number of nitrogens with two attached hydrogens (primary N) is 1. The molecule has 0 aromatic heterocycles. The van der Waals surface area contributed by atoms with Gasteiger partial charge in [-0.2, -0.15) is 0 Å². The van der Waals surface area contributed by atoms with Gasteiger partial charge in [-0.3, -0.25) is 9.69 Å². The number of benzene rings is 2. The highest BCUT2D eigenvalue weighted by Crippen LogP contribution is 2.09. The van der Waals surface area contributed by atoms with Crippen LogP contribution in [-0.4, -0.2) is 35.4 Å². The first kappa shape index (κ1) is 22.1. The van der Waals surface area contributed by atoms with Gasteiger partial charge in [0, 0.05) is 11.1 Å². The van der Waals surface area contributed by atoms with Crippen LogP contribution in [0, 0.1) is 0 Å². The highest BCUT2D eigenvalue weighted by molar-refractivity contribution is 5.99. The number of likely N-dealkylation sites (N-methyl/N-ethyl adjacent to an activating group) is 1. The molecule has 0 aliphatic carbocycles. The van der Waals surface area contributed by atoms with E-state index in [9.17, 15) is 4.79 Å².